The van der Waals surface area contributed by atoms with Crippen LogP contribution in [0.3, 0.4) is 0 Å². The van der Waals surface area contributed by atoms with Crippen LogP contribution in [0.5, 0.6) is 0 Å². The fourth-order valence-electron chi connectivity index (χ4n) is 4.03. The molecule has 178 valence electrons. The lowest BCUT2D eigenvalue weighted by Crippen LogP contribution is -2.48. The molecule has 1 fully saturated rings. The van der Waals surface area contributed by atoms with Gasteiger partial charge < -0.3 is 10.2 Å². The topological polar surface area (TPSA) is 32.3 Å². The zero-order valence-corrected chi connectivity index (χ0v) is 22.1. The van der Waals surface area contributed by atoms with Gasteiger partial charge in [0.05, 0.1) is 10.0 Å². The minimum atomic E-state index is 0. The third-order valence-electron chi connectivity index (χ3n) is 6.11. The normalized spacial score (nSPS) is 15.6. The highest BCUT2D eigenvalue weighted by Crippen LogP contribution is 2.27. The molecule has 1 aliphatic heterocycles. The van der Waals surface area contributed by atoms with Crippen molar-refractivity contribution in [3.8, 4) is 0 Å². The maximum absolute atomic E-state index is 12.7. The SMILES string of the molecule is Cc1ccc(C(=O)N[C@H](CN2CCC(Cc3ccc(Cl)c(Cl)c3)CC2)C(C)C)cc1.Cl.Cl. The summed E-state index contributed by atoms with van der Waals surface area (Å²) in [6.45, 7) is 9.41. The Morgan fingerprint density at radius 1 is 1.03 bits per heavy atom. The van der Waals surface area contributed by atoms with E-state index in [1.807, 2.05) is 43.3 Å². The molecule has 2 aromatic carbocycles. The number of rotatable bonds is 7. The van der Waals surface area contributed by atoms with Crippen molar-refractivity contribution in [1.29, 1.82) is 0 Å². The van der Waals surface area contributed by atoms with Crippen molar-refractivity contribution in [2.24, 2.45) is 11.8 Å². The first-order chi connectivity index (χ1) is 14.3. The zero-order chi connectivity index (χ0) is 21.7. The molecule has 0 aromatic heterocycles. The van der Waals surface area contributed by atoms with Crippen LogP contribution >= 0.6 is 48.0 Å². The summed E-state index contributed by atoms with van der Waals surface area (Å²) in [6.07, 6.45) is 3.37. The van der Waals surface area contributed by atoms with Gasteiger partial charge in [-0.15, -0.1) is 24.8 Å². The van der Waals surface area contributed by atoms with Crippen molar-refractivity contribution in [1.82, 2.24) is 10.2 Å². The van der Waals surface area contributed by atoms with Gasteiger partial charge in [0, 0.05) is 18.2 Å². The van der Waals surface area contributed by atoms with Gasteiger partial charge in [-0.1, -0.05) is 60.8 Å². The van der Waals surface area contributed by atoms with Crippen molar-refractivity contribution in [2.75, 3.05) is 19.6 Å². The molecular weight excluding hydrogens is 486 g/mol. The summed E-state index contributed by atoms with van der Waals surface area (Å²) in [5, 5.41) is 4.50. The molecule has 1 heterocycles. The van der Waals surface area contributed by atoms with Gasteiger partial charge in [-0.05, 0) is 80.9 Å². The van der Waals surface area contributed by atoms with Crippen LogP contribution in [-0.4, -0.2) is 36.5 Å². The molecule has 0 spiro atoms. The smallest absolute Gasteiger partial charge is 0.251 e. The van der Waals surface area contributed by atoms with Crippen LogP contribution in [0.2, 0.25) is 10.0 Å². The van der Waals surface area contributed by atoms with Gasteiger partial charge in [0.1, 0.15) is 0 Å². The minimum absolute atomic E-state index is 0. The Labute approximate surface area is 215 Å². The molecule has 1 aliphatic rings. The molecule has 0 unspecified atom stereocenters. The molecule has 32 heavy (non-hydrogen) atoms. The molecule has 3 nitrogen and oxygen atoms in total. The summed E-state index contributed by atoms with van der Waals surface area (Å²) in [5.41, 5.74) is 3.15. The van der Waals surface area contributed by atoms with E-state index in [4.69, 9.17) is 23.2 Å². The third kappa shape index (κ3) is 8.43. The van der Waals surface area contributed by atoms with Gasteiger partial charge in [-0.2, -0.15) is 0 Å². The Hall–Kier alpha value is -0.970. The lowest BCUT2D eigenvalue weighted by atomic mass is 9.89. The molecule has 0 saturated carbocycles. The van der Waals surface area contributed by atoms with E-state index >= 15 is 0 Å². The summed E-state index contributed by atoms with van der Waals surface area (Å²) in [4.78, 5) is 15.2. The maximum atomic E-state index is 12.7. The molecule has 7 heteroatoms. The van der Waals surface area contributed by atoms with Gasteiger partial charge in [0.2, 0.25) is 0 Å². The van der Waals surface area contributed by atoms with E-state index in [0.717, 1.165) is 50.0 Å². The van der Waals surface area contributed by atoms with E-state index in [9.17, 15) is 4.79 Å². The van der Waals surface area contributed by atoms with Gasteiger partial charge >= 0.3 is 0 Å². The van der Waals surface area contributed by atoms with Crippen molar-refractivity contribution in [2.45, 2.75) is 46.1 Å². The molecule has 0 bridgehead atoms. The molecular formula is C25H34Cl4N2O. The third-order valence-corrected chi connectivity index (χ3v) is 6.84. The first kappa shape index (κ1) is 29.1. The molecule has 0 radical (unpaired) electrons. The fraction of sp³-hybridized carbons (Fsp3) is 0.480. The summed E-state index contributed by atoms with van der Waals surface area (Å²) >= 11 is 12.2. The highest BCUT2D eigenvalue weighted by atomic mass is 35.5. The van der Waals surface area contributed by atoms with Gasteiger partial charge in [-0.3, -0.25) is 4.79 Å². The maximum Gasteiger partial charge on any atom is 0.251 e. The second-order valence-corrected chi connectivity index (χ2v) is 9.70. The number of benzene rings is 2. The Morgan fingerprint density at radius 3 is 2.22 bits per heavy atom. The fourth-order valence-corrected chi connectivity index (χ4v) is 4.35. The lowest BCUT2D eigenvalue weighted by Gasteiger charge is -2.35. The van der Waals surface area contributed by atoms with E-state index < -0.39 is 0 Å². The number of halogens is 4. The van der Waals surface area contributed by atoms with E-state index in [1.165, 1.54) is 5.56 Å². The van der Waals surface area contributed by atoms with Crippen LogP contribution in [0, 0.1) is 18.8 Å². The number of carbonyl (C=O) groups is 1. The summed E-state index contributed by atoms with van der Waals surface area (Å²) in [7, 11) is 0. The van der Waals surface area contributed by atoms with E-state index in [1.54, 1.807) is 0 Å². The predicted octanol–water partition coefficient (Wildman–Crippen LogP) is 6.85. The molecule has 1 atom stereocenters. The first-order valence-corrected chi connectivity index (χ1v) is 11.6. The van der Waals surface area contributed by atoms with Crippen molar-refractivity contribution >= 4 is 53.9 Å². The number of nitrogens with one attached hydrogen (secondary N) is 1. The number of carbonyl (C=O) groups excluding carboxylic acids is 1. The molecule has 1 saturated heterocycles. The van der Waals surface area contributed by atoms with Crippen LogP contribution in [0.4, 0.5) is 0 Å². The second kappa shape index (κ2) is 13.7. The van der Waals surface area contributed by atoms with E-state index in [0.29, 0.717) is 21.9 Å². The van der Waals surface area contributed by atoms with Crippen LogP contribution < -0.4 is 5.32 Å². The summed E-state index contributed by atoms with van der Waals surface area (Å²) < 4.78 is 0. The Balaban J connectivity index is 0.00000256. The Kier molecular flexibility index (Phi) is 12.4. The van der Waals surface area contributed by atoms with Crippen LogP contribution in [0.1, 0.15) is 48.2 Å². The summed E-state index contributed by atoms with van der Waals surface area (Å²) in [5.74, 6) is 1.06. The van der Waals surface area contributed by atoms with E-state index in [2.05, 4.69) is 30.1 Å². The molecule has 1 N–H and O–H groups in total. The van der Waals surface area contributed by atoms with Crippen molar-refractivity contribution in [3.05, 3.63) is 69.2 Å². The predicted molar refractivity (Wildman–Crippen MR) is 141 cm³/mol. The van der Waals surface area contributed by atoms with Crippen LogP contribution in [0.25, 0.3) is 0 Å². The number of amides is 1. The second-order valence-electron chi connectivity index (χ2n) is 8.89. The lowest BCUT2D eigenvalue weighted by molar-refractivity contribution is 0.0893. The van der Waals surface area contributed by atoms with Crippen molar-refractivity contribution < 1.29 is 4.79 Å². The average molecular weight is 520 g/mol. The molecule has 0 aliphatic carbocycles. The minimum Gasteiger partial charge on any atom is -0.348 e. The summed E-state index contributed by atoms with van der Waals surface area (Å²) in [6, 6.07) is 13.9. The van der Waals surface area contributed by atoms with Gasteiger partial charge in [-0.25, -0.2) is 0 Å². The number of hydrogen-bond donors (Lipinski definition) is 1. The standard InChI is InChI=1S/C25H32Cl2N2O.2ClH/c1-17(2)24(28-25(30)21-7-4-18(3)5-8-21)16-29-12-10-19(11-13-29)14-20-6-9-22(26)23(27)15-20;;/h4-9,15,17,19,24H,10-14,16H2,1-3H3,(H,28,30);2*1H/t24-;;/m1../s1. The average Bonchev–Trinajstić information content (AvgIpc) is 2.72. The molecule has 2 aromatic rings. The number of piperidine rings is 1. The monoisotopic (exact) mass is 518 g/mol. The van der Waals surface area contributed by atoms with Gasteiger partial charge in [0.25, 0.3) is 5.91 Å². The highest BCUT2D eigenvalue weighted by Gasteiger charge is 2.24. The quantitative estimate of drug-likeness (QED) is 0.433. The van der Waals surface area contributed by atoms with Gasteiger partial charge in [0.15, 0.2) is 0 Å². The number of nitrogens with zero attached hydrogens (tertiary/aromatic N) is 1. The van der Waals surface area contributed by atoms with E-state index in [-0.39, 0.29) is 36.8 Å². The highest BCUT2D eigenvalue weighted by molar-refractivity contribution is 6.42. The van der Waals surface area contributed by atoms with Crippen molar-refractivity contribution in [3.63, 3.8) is 0 Å². The largest absolute Gasteiger partial charge is 0.348 e. The molecule has 1 amide bonds. The van der Waals surface area contributed by atoms with Crippen LogP contribution in [-0.2, 0) is 6.42 Å². The number of hydrogen-bond acceptors (Lipinski definition) is 2. The Bertz CT molecular complexity index is 850. The molecule has 3 rings (SSSR count). The zero-order valence-electron chi connectivity index (χ0n) is 18.9. The number of aryl methyl sites for hydroxylation is 1. The Morgan fingerprint density at radius 2 is 1.66 bits per heavy atom. The number of likely N-dealkylation sites (tertiary alicyclic amines) is 1. The first-order valence-electron chi connectivity index (χ1n) is 10.9. The van der Waals surface area contributed by atoms with Crippen LogP contribution in [0.15, 0.2) is 42.5 Å².